The molecule has 0 saturated carbocycles. The number of anilines is 2. The van der Waals surface area contributed by atoms with Gasteiger partial charge in [-0.05, 0) is 63.0 Å². The van der Waals surface area contributed by atoms with Crippen LogP contribution >= 0.6 is 11.6 Å². The molecule has 4 rings (SSSR count). The SMILES string of the molecule is CN(C)C1CCN(c2ccc(NC(=O)c3cc(-c4ccc(Cl)cc4)n[nH]3)cc2)C1. The summed E-state index contributed by atoms with van der Waals surface area (Å²) < 4.78 is 0. The third-order valence-electron chi connectivity index (χ3n) is 5.35. The van der Waals surface area contributed by atoms with Gasteiger partial charge in [0.15, 0.2) is 0 Å². The Labute approximate surface area is 175 Å². The normalized spacial score (nSPS) is 16.4. The first kappa shape index (κ1) is 19.5. The predicted octanol–water partition coefficient (Wildman–Crippen LogP) is 4.12. The fourth-order valence-electron chi connectivity index (χ4n) is 3.56. The molecular weight excluding hydrogens is 386 g/mol. The number of hydrogen-bond acceptors (Lipinski definition) is 4. The molecule has 2 heterocycles. The molecule has 7 heteroatoms. The van der Waals surface area contributed by atoms with E-state index in [1.54, 1.807) is 18.2 Å². The van der Waals surface area contributed by atoms with Crippen molar-refractivity contribution in [2.75, 3.05) is 37.4 Å². The summed E-state index contributed by atoms with van der Waals surface area (Å²) in [6, 6.07) is 17.7. The zero-order chi connectivity index (χ0) is 20.4. The molecule has 2 N–H and O–H groups in total. The largest absolute Gasteiger partial charge is 0.370 e. The summed E-state index contributed by atoms with van der Waals surface area (Å²) in [4.78, 5) is 17.2. The van der Waals surface area contributed by atoms with Gasteiger partial charge in [0.25, 0.3) is 5.91 Å². The number of halogens is 1. The predicted molar refractivity (Wildman–Crippen MR) is 118 cm³/mol. The Balaban J connectivity index is 1.39. The van der Waals surface area contributed by atoms with Crippen LogP contribution in [0.2, 0.25) is 5.02 Å². The van der Waals surface area contributed by atoms with Crippen molar-refractivity contribution in [2.45, 2.75) is 12.5 Å². The van der Waals surface area contributed by atoms with Gasteiger partial charge in [-0.3, -0.25) is 9.89 Å². The monoisotopic (exact) mass is 409 g/mol. The number of carbonyl (C=O) groups is 1. The van der Waals surface area contributed by atoms with Crippen LogP contribution in [-0.4, -0.2) is 54.2 Å². The van der Waals surface area contributed by atoms with Crippen LogP contribution in [0.3, 0.4) is 0 Å². The van der Waals surface area contributed by atoms with Gasteiger partial charge in [0, 0.05) is 41.1 Å². The average Bonchev–Trinajstić information content (AvgIpc) is 3.39. The first-order valence-corrected chi connectivity index (χ1v) is 10.0. The molecule has 3 aromatic rings. The van der Waals surface area contributed by atoms with E-state index in [-0.39, 0.29) is 5.91 Å². The summed E-state index contributed by atoms with van der Waals surface area (Å²) in [6.07, 6.45) is 1.17. The van der Waals surface area contributed by atoms with E-state index in [0.717, 1.165) is 24.3 Å². The third kappa shape index (κ3) is 4.44. The van der Waals surface area contributed by atoms with Crippen LogP contribution in [0.25, 0.3) is 11.3 Å². The fourth-order valence-corrected chi connectivity index (χ4v) is 3.68. The molecular formula is C22H24ClN5O. The first-order chi connectivity index (χ1) is 14.0. The number of aromatic nitrogens is 2. The van der Waals surface area contributed by atoms with Crippen molar-refractivity contribution in [1.82, 2.24) is 15.1 Å². The topological polar surface area (TPSA) is 64.3 Å². The number of hydrogen-bond donors (Lipinski definition) is 2. The fraction of sp³-hybridized carbons (Fsp3) is 0.273. The smallest absolute Gasteiger partial charge is 0.273 e. The second kappa shape index (κ2) is 8.27. The maximum absolute atomic E-state index is 12.6. The number of benzene rings is 2. The van der Waals surface area contributed by atoms with Gasteiger partial charge in [-0.2, -0.15) is 5.10 Å². The molecule has 1 aliphatic rings. The summed E-state index contributed by atoms with van der Waals surface area (Å²) in [5, 5.41) is 10.6. The zero-order valence-electron chi connectivity index (χ0n) is 16.5. The highest BCUT2D eigenvalue weighted by Crippen LogP contribution is 2.24. The maximum Gasteiger partial charge on any atom is 0.273 e. The number of amides is 1. The van der Waals surface area contributed by atoms with E-state index < -0.39 is 0 Å². The minimum Gasteiger partial charge on any atom is -0.370 e. The minimum absolute atomic E-state index is 0.223. The Hall–Kier alpha value is -2.83. The van der Waals surface area contributed by atoms with Crippen molar-refractivity contribution >= 4 is 28.9 Å². The van der Waals surface area contributed by atoms with E-state index >= 15 is 0 Å². The lowest BCUT2D eigenvalue weighted by molar-refractivity contribution is 0.102. The lowest BCUT2D eigenvalue weighted by Gasteiger charge is -2.22. The molecule has 1 amide bonds. The number of nitrogens with one attached hydrogen (secondary N) is 2. The summed E-state index contributed by atoms with van der Waals surface area (Å²) in [7, 11) is 4.25. The number of carbonyl (C=O) groups excluding carboxylic acids is 1. The van der Waals surface area contributed by atoms with Crippen molar-refractivity contribution in [2.24, 2.45) is 0 Å². The molecule has 1 aliphatic heterocycles. The van der Waals surface area contributed by atoms with Crippen LogP contribution in [-0.2, 0) is 0 Å². The molecule has 29 heavy (non-hydrogen) atoms. The standard InChI is InChI=1S/C22H24ClN5O/c1-27(2)19-11-12-28(14-19)18-9-7-17(8-10-18)24-22(29)21-13-20(25-26-21)15-3-5-16(23)6-4-15/h3-10,13,19H,11-12,14H2,1-2H3,(H,24,29)(H,25,26). The lowest BCUT2D eigenvalue weighted by Crippen LogP contribution is -2.31. The molecule has 0 aliphatic carbocycles. The molecule has 0 bridgehead atoms. The van der Waals surface area contributed by atoms with Crippen LogP contribution < -0.4 is 10.2 Å². The van der Waals surface area contributed by atoms with E-state index in [4.69, 9.17) is 11.6 Å². The van der Waals surface area contributed by atoms with Gasteiger partial charge in [-0.25, -0.2) is 0 Å². The molecule has 1 atom stereocenters. The van der Waals surface area contributed by atoms with E-state index in [0.29, 0.717) is 22.5 Å². The summed E-state index contributed by atoms with van der Waals surface area (Å²) in [6.45, 7) is 2.08. The van der Waals surface area contributed by atoms with Gasteiger partial charge in [-0.15, -0.1) is 0 Å². The van der Waals surface area contributed by atoms with Crippen molar-refractivity contribution in [1.29, 1.82) is 0 Å². The van der Waals surface area contributed by atoms with Crippen molar-refractivity contribution in [3.05, 3.63) is 65.3 Å². The van der Waals surface area contributed by atoms with Crippen LogP contribution in [0.1, 0.15) is 16.9 Å². The lowest BCUT2D eigenvalue weighted by atomic mass is 10.1. The summed E-state index contributed by atoms with van der Waals surface area (Å²) >= 11 is 5.92. The van der Waals surface area contributed by atoms with Crippen molar-refractivity contribution < 1.29 is 4.79 Å². The Morgan fingerprint density at radius 3 is 2.55 bits per heavy atom. The van der Waals surface area contributed by atoms with E-state index in [9.17, 15) is 4.79 Å². The average molecular weight is 410 g/mol. The second-order valence-electron chi connectivity index (χ2n) is 7.53. The van der Waals surface area contributed by atoms with E-state index in [1.165, 1.54) is 12.1 Å². The molecule has 1 unspecified atom stereocenters. The van der Waals surface area contributed by atoms with Crippen molar-refractivity contribution in [3.8, 4) is 11.3 Å². The number of rotatable bonds is 5. The molecule has 2 aromatic carbocycles. The van der Waals surface area contributed by atoms with Gasteiger partial charge in [0.05, 0.1) is 5.69 Å². The van der Waals surface area contributed by atoms with Crippen molar-refractivity contribution in [3.63, 3.8) is 0 Å². The number of likely N-dealkylation sites (N-methyl/N-ethyl adjacent to an activating group) is 1. The summed E-state index contributed by atoms with van der Waals surface area (Å²) in [5.74, 6) is -0.223. The Kier molecular flexibility index (Phi) is 5.56. The summed E-state index contributed by atoms with van der Waals surface area (Å²) in [5.41, 5.74) is 3.94. The van der Waals surface area contributed by atoms with Gasteiger partial charge in [0.2, 0.25) is 0 Å². The first-order valence-electron chi connectivity index (χ1n) is 9.64. The maximum atomic E-state index is 12.6. The Morgan fingerprint density at radius 1 is 1.17 bits per heavy atom. The molecule has 0 spiro atoms. The molecule has 150 valence electrons. The van der Waals surface area contributed by atoms with Gasteiger partial charge in [-0.1, -0.05) is 23.7 Å². The molecule has 1 aromatic heterocycles. The quantitative estimate of drug-likeness (QED) is 0.665. The number of aromatic amines is 1. The van der Waals surface area contributed by atoms with Crippen LogP contribution in [0.4, 0.5) is 11.4 Å². The highest BCUT2D eigenvalue weighted by atomic mass is 35.5. The number of nitrogens with zero attached hydrogens (tertiary/aromatic N) is 3. The van der Waals surface area contributed by atoms with Crippen LogP contribution in [0, 0.1) is 0 Å². The minimum atomic E-state index is -0.223. The third-order valence-corrected chi connectivity index (χ3v) is 5.60. The van der Waals surface area contributed by atoms with Gasteiger partial charge >= 0.3 is 0 Å². The molecule has 0 radical (unpaired) electrons. The number of H-pyrrole nitrogens is 1. The molecule has 1 fully saturated rings. The van der Waals surface area contributed by atoms with E-state index in [1.807, 2.05) is 24.3 Å². The molecule has 1 saturated heterocycles. The van der Waals surface area contributed by atoms with Gasteiger partial charge < -0.3 is 15.1 Å². The van der Waals surface area contributed by atoms with Crippen LogP contribution in [0.5, 0.6) is 0 Å². The highest BCUT2D eigenvalue weighted by Gasteiger charge is 2.24. The van der Waals surface area contributed by atoms with E-state index in [2.05, 4.69) is 51.5 Å². The second-order valence-corrected chi connectivity index (χ2v) is 7.96. The zero-order valence-corrected chi connectivity index (χ0v) is 17.3. The Bertz CT molecular complexity index is 981. The molecule has 6 nitrogen and oxygen atoms in total. The highest BCUT2D eigenvalue weighted by molar-refractivity contribution is 6.30. The van der Waals surface area contributed by atoms with Crippen LogP contribution in [0.15, 0.2) is 54.6 Å². The Morgan fingerprint density at radius 2 is 1.90 bits per heavy atom. The van der Waals surface area contributed by atoms with Gasteiger partial charge in [0.1, 0.15) is 5.69 Å².